The van der Waals surface area contributed by atoms with E-state index in [-0.39, 0.29) is 5.60 Å². The molecule has 134 valence electrons. The van der Waals surface area contributed by atoms with Crippen LogP contribution in [0.5, 0.6) is 11.5 Å². The molecule has 0 saturated heterocycles. The van der Waals surface area contributed by atoms with E-state index in [1.165, 1.54) is 5.57 Å². The molecule has 25 heavy (non-hydrogen) atoms. The Morgan fingerprint density at radius 1 is 1.28 bits per heavy atom. The second-order valence-corrected chi connectivity index (χ2v) is 8.15. The third-order valence-corrected chi connectivity index (χ3v) is 5.82. The second-order valence-electron chi connectivity index (χ2n) is 8.15. The van der Waals surface area contributed by atoms with Gasteiger partial charge < -0.3 is 9.84 Å². The van der Waals surface area contributed by atoms with Gasteiger partial charge >= 0.3 is 0 Å². The molecular formula is C22H29NO2. The highest BCUT2D eigenvalue weighted by Crippen LogP contribution is 2.54. The van der Waals surface area contributed by atoms with Crippen molar-refractivity contribution in [1.82, 2.24) is 0 Å². The van der Waals surface area contributed by atoms with Crippen LogP contribution in [0, 0.1) is 17.2 Å². The summed E-state index contributed by atoms with van der Waals surface area (Å²) in [5, 5.41) is 19.3. The summed E-state index contributed by atoms with van der Waals surface area (Å²) in [6, 6.07) is 6.25. The number of hydrogen-bond donors (Lipinski definition) is 1. The van der Waals surface area contributed by atoms with Gasteiger partial charge in [0.15, 0.2) is 0 Å². The Hall–Kier alpha value is -1.95. The molecule has 1 heterocycles. The summed E-state index contributed by atoms with van der Waals surface area (Å²) in [4.78, 5) is 0. The van der Waals surface area contributed by atoms with E-state index >= 15 is 0 Å². The van der Waals surface area contributed by atoms with Gasteiger partial charge in [-0.15, -0.1) is 0 Å². The zero-order valence-electron chi connectivity index (χ0n) is 15.6. The van der Waals surface area contributed by atoms with Crippen molar-refractivity contribution in [3.05, 3.63) is 34.9 Å². The number of aromatic hydroxyl groups is 1. The predicted molar refractivity (Wildman–Crippen MR) is 99.8 cm³/mol. The van der Waals surface area contributed by atoms with Crippen molar-refractivity contribution in [2.45, 2.75) is 77.2 Å². The van der Waals surface area contributed by atoms with Crippen LogP contribution in [0.25, 0.3) is 0 Å². The van der Waals surface area contributed by atoms with Crippen LogP contribution in [0.3, 0.4) is 0 Å². The molecular weight excluding hydrogens is 310 g/mol. The summed E-state index contributed by atoms with van der Waals surface area (Å²) < 4.78 is 6.36. The Labute approximate surface area is 151 Å². The Morgan fingerprint density at radius 3 is 2.84 bits per heavy atom. The van der Waals surface area contributed by atoms with Gasteiger partial charge in [-0.1, -0.05) is 18.1 Å². The van der Waals surface area contributed by atoms with E-state index in [4.69, 9.17) is 10.00 Å². The summed E-state index contributed by atoms with van der Waals surface area (Å²) >= 11 is 0. The van der Waals surface area contributed by atoms with Crippen LogP contribution >= 0.6 is 0 Å². The maximum atomic E-state index is 10.7. The second kappa shape index (κ2) is 7.12. The van der Waals surface area contributed by atoms with E-state index in [0.717, 1.165) is 55.4 Å². The lowest BCUT2D eigenvalue weighted by Crippen LogP contribution is -2.45. The third kappa shape index (κ3) is 3.68. The highest BCUT2D eigenvalue weighted by Gasteiger charge is 2.45. The van der Waals surface area contributed by atoms with Crippen LogP contribution in [0.15, 0.2) is 23.8 Å². The van der Waals surface area contributed by atoms with Gasteiger partial charge in [0.1, 0.15) is 17.1 Å². The number of allylic oxidation sites excluding steroid dienone is 2. The number of nitrogens with zero attached hydrogens (tertiary/aromatic N) is 1. The van der Waals surface area contributed by atoms with E-state index in [2.05, 4.69) is 39.0 Å². The van der Waals surface area contributed by atoms with Crippen molar-refractivity contribution in [3.8, 4) is 17.6 Å². The molecule has 0 radical (unpaired) electrons. The van der Waals surface area contributed by atoms with Crippen LogP contribution in [-0.4, -0.2) is 10.7 Å². The third-order valence-electron chi connectivity index (χ3n) is 5.82. The minimum atomic E-state index is -0.216. The van der Waals surface area contributed by atoms with Crippen LogP contribution in [0.1, 0.15) is 76.3 Å². The number of aryl methyl sites for hydroxylation is 1. The average molecular weight is 339 g/mol. The summed E-state index contributed by atoms with van der Waals surface area (Å²) in [5.74, 6) is 2.01. The van der Waals surface area contributed by atoms with E-state index in [1.807, 2.05) is 6.07 Å². The summed E-state index contributed by atoms with van der Waals surface area (Å²) in [6.45, 7) is 6.53. The number of rotatable bonds is 5. The summed E-state index contributed by atoms with van der Waals surface area (Å²) in [6.07, 6.45) is 8.93. The van der Waals surface area contributed by atoms with Crippen molar-refractivity contribution in [1.29, 1.82) is 5.26 Å². The fourth-order valence-corrected chi connectivity index (χ4v) is 4.47. The van der Waals surface area contributed by atoms with Gasteiger partial charge in [0, 0.05) is 23.8 Å². The SMILES string of the molecule is CC1=CC[C@@H]2[C@@H](C1)c1c(O)cc(CCCCCC#N)cc1OC2(C)C. The quantitative estimate of drug-likeness (QED) is 0.559. The molecule has 0 spiro atoms. The standard InChI is InChI=1S/C22H29NO2/c1-15-9-10-18-17(12-15)21-19(24)13-16(8-6-4-5-7-11-23)14-20(21)25-22(18,2)3/h9,13-14,17-18,24H,4-8,10,12H2,1-3H3/t17-,18-/m1/s1. The highest BCUT2D eigenvalue weighted by molar-refractivity contribution is 5.52. The number of unbranched alkanes of at least 4 members (excludes halogenated alkanes) is 3. The van der Waals surface area contributed by atoms with Crippen LogP contribution < -0.4 is 4.74 Å². The van der Waals surface area contributed by atoms with E-state index in [1.54, 1.807) is 0 Å². The van der Waals surface area contributed by atoms with Crippen molar-refractivity contribution in [3.63, 3.8) is 0 Å². The smallest absolute Gasteiger partial charge is 0.127 e. The Kier molecular flexibility index (Phi) is 5.08. The topological polar surface area (TPSA) is 53.2 Å². The largest absolute Gasteiger partial charge is 0.508 e. The highest BCUT2D eigenvalue weighted by atomic mass is 16.5. The maximum absolute atomic E-state index is 10.7. The molecule has 1 aromatic carbocycles. The van der Waals surface area contributed by atoms with Gasteiger partial charge in [-0.2, -0.15) is 5.26 Å². The van der Waals surface area contributed by atoms with Gasteiger partial charge in [0.05, 0.1) is 6.07 Å². The zero-order valence-corrected chi connectivity index (χ0v) is 15.6. The minimum absolute atomic E-state index is 0.216. The first-order valence-corrected chi connectivity index (χ1v) is 9.49. The van der Waals surface area contributed by atoms with E-state index in [9.17, 15) is 5.11 Å². The average Bonchev–Trinajstić information content (AvgIpc) is 2.53. The van der Waals surface area contributed by atoms with Crippen molar-refractivity contribution in [2.24, 2.45) is 5.92 Å². The number of phenols is 1. The molecule has 3 rings (SSSR count). The normalized spacial score (nSPS) is 23.7. The lowest BCUT2D eigenvalue weighted by atomic mass is 9.67. The molecule has 1 aliphatic carbocycles. The van der Waals surface area contributed by atoms with Gasteiger partial charge in [-0.3, -0.25) is 0 Å². The molecule has 2 aliphatic rings. The van der Waals surface area contributed by atoms with Gasteiger partial charge in [-0.25, -0.2) is 0 Å². The fraction of sp³-hybridized carbons (Fsp3) is 0.591. The molecule has 0 unspecified atom stereocenters. The molecule has 0 amide bonds. The maximum Gasteiger partial charge on any atom is 0.127 e. The first-order chi connectivity index (χ1) is 11.9. The predicted octanol–water partition coefficient (Wildman–Crippen LogP) is 5.63. The first-order valence-electron chi connectivity index (χ1n) is 9.49. The van der Waals surface area contributed by atoms with Gasteiger partial charge in [0.25, 0.3) is 0 Å². The molecule has 3 heteroatoms. The minimum Gasteiger partial charge on any atom is -0.508 e. The lowest BCUT2D eigenvalue weighted by molar-refractivity contribution is 0.00753. The molecule has 0 saturated carbocycles. The van der Waals surface area contributed by atoms with Crippen molar-refractivity contribution < 1.29 is 9.84 Å². The van der Waals surface area contributed by atoms with Crippen molar-refractivity contribution >= 4 is 0 Å². The van der Waals surface area contributed by atoms with Crippen LogP contribution in [0.2, 0.25) is 0 Å². The van der Waals surface area contributed by atoms with E-state index in [0.29, 0.717) is 24.0 Å². The molecule has 0 aromatic heterocycles. The molecule has 2 atom stereocenters. The molecule has 1 aromatic rings. The number of benzene rings is 1. The summed E-state index contributed by atoms with van der Waals surface area (Å²) in [7, 11) is 0. The number of hydrogen-bond acceptors (Lipinski definition) is 3. The number of phenolic OH excluding ortho intramolecular Hbond substituents is 1. The van der Waals surface area contributed by atoms with E-state index < -0.39 is 0 Å². The Bertz CT molecular complexity index is 711. The fourth-order valence-electron chi connectivity index (χ4n) is 4.47. The monoisotopic (exact) mass is 339 g/mol. The summed E-state index contributed by atoms with van der Waals surface area (Å²) in [5.41, 5.74) is 3.33. The van der Waals surface area contributed by atoms with Crippen LogP contribution in [-0.2, 0) is 6.42 Å². The van der Waals surface area contributed by atoms with Crippen LogP contribution in [0.4, 0.5) is 0 Å². The molecule has 1 aliphatic heterocycles. The number of nitriles is 1. The zero-order chi connectivity index (χ0) is 18.0. The van der Waals surface area contributed by atoms with Gasteiger partial charge in [-0.05, 0) is 70.6 Å². The molecule has 3 nitrogen and oxygen atoms in total. The first kappa shape index (κ1) is 17.9. The molecule has 1 N–H and O–H groups in total. The number of fused-ring (bicyclic) bond motifs is 3. The van der Waals surface area contributed by atoms with Gasteiger partial charge in [0.2, 0.25) is 0 Å². The Balaban J connectivity index is 1.83. The number of ether oxygens (including phenoxy) is 1. The lowest BCUT2D eigenvalue weighted by Gasteiger charge is -2.47. The Morgan fingerprint density at radius 2 is 2.08 bits per heavy atom. The molecule has 0 bridgehead atoms. The molecule has 0 fully saturated rings. The van der Waals surface area contributed by atoms with Crippen molar-refractivity contribution in [2.75, 3.05) is 0 Å².